The molecule has 4 nitrogen and oxygen atoms in total. The van der Waals surface area contributed by atoms with Gasteiger partial charge in [0, 0.05) is 0 Å². The van der Waals surface area contributed by atoms with Gasteiger partial charge in [0.05, 0.1) is 11.8 Å². The van der Waals surface area contributed by atoms with Crippen LogP contribution >= 0.6 is 0 Å². The van der Waals surface area contributed by atoms with Gasteiger partial charge in [0.1, 0.15) is 0 Å². The Balaban J connectivity index is 3.47. The van der Waals surface area contributed by atoms with Gasteiger partial charge < -0.3 is 10.2 Å². The highest BCUT2D eigenvalue weighted by Crippen LogP contribution is 2.20. The van der Waals surface area contributed by atoms with Crippen molar-refractivity contribution in [3.8, 4) is 0 Å². The molecule has 0 amide bonds. The van der Waals surface area contributed by atoms with Crippen LogP contribution in [-0.2, 0) is 9.59 Å². The normalized spacial score (nSPS) is 13.4. The van der Waals surface area contributed by atoms with Crippen LogP contribution in [0.15, 0.2) is 0 Å². The first-order valence-corrected chi connectivity index (χ1v) is 12.0. The summed E-state index contributed by atoms with van der Waals surface area (Å²) in [6.45, 7) is 4.22. The highest BCUT2D eigenvalue weighted by Gasteiger charge is 2.16. The number of rotatable bonds is 21. The lowest BCUT2D eigenvalue weighted by molar-refractivity contribution is -0.143. The molecule has 0 aliphatic carbocycles. The number of hydrogen-bond acceptors (Lipinski definition) is 2. The molecule has 0 heterocycles. The maximum atomic E-state index is 11.2. The van der Waals surface area contributed by atoms with E-state index in [-0.39, 0.29) is 11.8 Å². The average Bonchev–Trinajstić information content (AvgIpc) is 2.66. The van der Waals surface area contributed by atoms with E-state index in [1.54, 1.807) is 0 Å². The van der Waals surface area contributed by atoms with E-state index in [9.17, 15) is 19.8 Å². The fraction of sp³-hybridized carbons (Fsp3) is 0.917. The van der Waals surface area contributed by atoms with Crippen molar-refractivity contribution in [1.29, 1.82) is 0 Å². The van der Waals surface area contributed by atoms with Gasteiger partial charge >= 0.3 is 11.9 Å². The van der Waals surface area contributed by atoms with Crippen LogP contribution in [0.4, 0.5) is 0 Å². The fourth-order valence-electron chi connectivity index (χ4n) is 3.88. The predicted octanol–water partition coefficient (Wildman–Crippen LogP) is 7.45. The third-order valence-electron chi connectivity index (χ3n) is 5.87. The maximum absolute atomic E-state index is 11.2. The van der Waals surface area contributed by atoms with Crippen molar-refractivity contribution in [2.24, 2.45) is 11.8 Å². The SMILES string of the molecule is CCCCC(CCCCCCCCCCCCC(CCCC)C(=O)O)C(=O)O. The molecule has 166 valence electrons. The summed E-state index contributed by atoms with van der Waals surface area (Å²) in [4.78, 5) is 22.4. The summed E-state index contributed by atoms with van der Waals surface area (Å²) in [5, 5.41) is 18.5. The second-order valence-electron chi connectivity index (χ2n) is 8.47. The van der Waals surface area contributed by atoms with Crippen molar-refractivity contribution in [3.63, 3.8) is 0 Å². The van der Waals surface area contributed by atoms with E-state index >= 15 is 0 Å². The molecule has 0 radical (unpaired) electrons. The predicted molar refractivity (Wildman–Crippen MR) is 117 cm³/mol. The van der Waals surface area contributed by atoms with Crippen molar-refractivity contribution in [1.82, 2.24) is 0 Å². The quantitative estimate of drug-likeness (QED) is 0.197. The minimum absolute atomic E-state index is 0.136. The summed E-state index contributed by atoms with van der Waals surface area (Å²) in [6, 6.07) is 0. The van der Waals surface area contributed by atoms with Crippen LogP contribution in [0.1, 0.15) is 129 Å². The van der Waals surface area contributed by atoms with Gasteiger partial charge in [-0.15, -0.1) is 0 Å². The molecule has 0 saturated carbocycles. The summed E-state index contributed by atoms with van der Waals surface area (Å²) in [5.74, 6) is -1.51. The van der Waals surface area contributed by atoms with Gasteiger partial charge in [0.25, 0.3) is 0 Å². The Kier molecular flexibility index (Phi) is 18.5. The zero-order valence-corrected chi connectivity index (χ0v) is 18.6. The van der Waals surface area contributed by atoms with Crippen molar-refractivity contribution < 1.29 is 19.8 Å². The van der Waals surface area contributed by atoms with Crippen molar-refractivity contribution in [2.75, 3.05) is 0 Å². The van der Waals surface area contributed by atoms with Gasteiger partial charge in [-0.2, -0.15) is 0 Å². The molecule has 2 atom stereocenters. The number of carboxylic acids is 2. The van der Waals surface area contributed by atoms with Crippen LogP contribution in [-0.4, -0.2) is 22.2 Å². The second-order valence-corrected chi connectivity index (χ2v) is 8.47. The highest BCUT2D eigenvalue weighted by molar-refractivity contribution is 5.70. The van der Waals surface area contributed by atoms with Crippen LogP contribution in [0.2, 0.25) is 0 Å². The van der Waals surface area contributed by atoms with E-state index in [2.05, 4.69) is 13.8 Å². The van der Waals surface area contributed by atoms with Crippen LogP contribution in [0.5, 0.6) is 0 Å². The monoisotopic (exact) mass is 398 g/mol. The summed E-state index contributed by atoms with van der Waals surface area (Å²) in [5.41, 5.74) is 0. The van der Waals surface area contributed by atoms with E-state index in [0.717, 1.165) is 77.0 Å². The van der Waals surface area contributed by atoms with Crippen molar-refractivity contribution >= 4 is 11.9 Å². The Morgan fingerprint density at radius 2 is 0.750 bits per heavy atom. The molecule has 0 fully saturated rings. The number of unbranched alkanes of at least 4 members (excludes halogenated alkanes) is 11. The molecule has 2 unspecified atom stereocenters. The molecule has 0 rings (SSSR count). The lowest BCUT2D eigenvalue weighted by Gasteiger charge is -2.11. The van der Waals surface area contributed by atoms with Crippen LogP contribution < -0.4 is 0 Å². The van der Waals surface area contributed by atoms with Gasteiger partial charge in [0.2, 0.25) is 0 Å². The zero-order chi connectivity index (χ0) is 21.0. The smallest absolute Gasteiger partial charge is 0.306 e. The Labute approximate surface area is 173 Å². The van der Waals surface area contributed by atoms with Gasteiger partial charge in [0.15, 0.2) is 0 Å². The summed E-state index contributed by atoms with van der Waals surface area (Å²) in [7, 11) is 0. The van der Waals surface area contributed by atoms with E-state index in [1.165, 1.54) is 38.5 Å². The first-order chi connectivity index (χ1) is 13.5. The average molecular weight is 399 g/mol. The Morgan fingerprint density at radius 3 is 1.00 bits per heavy atom. The number of carbonyl (C=O) groups is 2. The molecular weight excluding hydrogens is 352 g/mol. The molecule has 0 bridgehead atoms. The van der Waals surface area contributed by atoms with E-state index < -0.39 is 11.9 Å². The molecule has 0 aromatic carbocycles. The molecular formula is C24H46O4. The first-order valence-electron chi connectivity index (χ1n) is 12.0. The minimum Gasteiger partial charge on any atom is -0.481 e. The second kappa shape index (κ2) is 19.3. The molecule has 4 heteroatoms. The number of aliphatic carboxylic acids is 2. The molecule has 2 N–H and O–H groups in total. The van der Waals surface area contributed by atoms with Crippen LogP contribution in [0.25, 0.3) is 0 Å². The first kappa shape index (κ1) is 26.9. The lowest BCUT2D eigenvalue weighted by Crippen LogP contribution is -2.13. The zero-order valence-electron chi connectivity index (χ0n) is 18.6. The van der Waals surface area contributed by atoms with Crippen LogP contribution in [0.3, 0.4) is 0 Å². The Bertz CT molecular complexity index is 345. The molecule has 0 aromatic heterocycles. The maximum Gasteiger partial charge on any atom is 0.306 e. The highest BCUT2D eigenvalue weighted by atomic mass is 16.4. The fourth-order valence-corrected chi connectivity index (χ4v) is 3.88. The van der Waals surface area contributed by atoms with Crippen molar-refractivity contribution in [2.45, 2.75) is 129 Å². The number of carboxylic acid groups (broad SMARTS) is 2. The molecule has 0 aromatic rings. The third-order valence-corrected chi connectivity index (χ3v) is 5.87. The molecule has 28 heavy (non-hydrogen) atoms. The Morgan fingerprint density at radius 1 is 0.500 bits per heavy atom. The lowest BCUT2D eigenvalue weighted by atomic mass is 9.94. The van der Waals surface area contributed by atoms with Gasteiger partial charge in [-0.3, -0.25) is 9.59 Å². The van der Waals surface area contributed by atoms with Gasteiger partial charge in [-0.1, -0.05) is 104 Å². The summed E-state index contributed by atoms with van der Waals surface area (Å²) < 4.78 is 0. The topological polar surface area (TPSA) is 74.6 Å². The third kappa shape index (κ3) is 15.9. The molecule has 0 aliphatic heterocycles. The molecule has 0 saturated heterocycles. The number of hydrogen-bond donors (Lipinski definition) is 2. The summed E-state index contributed by atoms with van der Waals surface area (Å²) in [6.07, 6.45) is 19.4. The van der Waals surface area contributed by atoms with Crippen molar-refractivity contribution in [3.05, 3.63) is 0 Å². The van der Waals surface area contributed by atoms with E-state index in [0.29, 0.717) is 0 Å². The van der Waals surface area contributed by atoms with Crippen LogP contribution in [0, 0.1) is 11.8 Å². The Hall–Kier alpha value is -1.06. The minimum atomic E-state index is -0.617. The molecule has 0 spiro atoms. The van der Waals surface area contributed by atoms with E-state index in [1.807, 2.05) is 0 Å². The van der Waals surface area contributed by atoms with E-state index in [4.69, 9.17) is 0 Å². The standard InChI is InChI=1S/C24H46O4/c1-3-5-17-21(23(25)26)19-15-13-11-9-7-8-10-12-14-16-20-22(24(27)28)18-6-4-2/h21-22H,3-20H2,1-2H3,(H,25,26)(H,27,28). The van der Waals surface area contributed by atoms with Gasteiger partial charge in [-0.25, -0.2) is 0 Å². The summed E-state index contributed by atoms with van der Waals surface area (Å²) >= 11 is 0. The molecule has 0 aliphatic rings. The van der Waals surface area contributed by atoms with Gasteiger partial charge in [-0.05, 0) is 25.7 Å². The largest absolute Gasteiger partial charge is 0.481 e.